The van der Waals surface area contributed by atoms with Crippen molar-refractivity contribution in [2.45, 2.75) is 207 Å². The van der Waals surface area contributed by atoms with Gasteiger partial charge in [0.25, 0.3) is 0 Å². The van der Waals surface area contributed by atoms with E-state index in [1.54, 1.807) is 0 Å². The summed E-state index contributed by atoms with van der Waals surface area (Å²) in [6.45, 7) is 6.17. The van der Waals surface area contributed by atoms with Crippen LogP contribution in [0.5, 0.6) is 0 Å². The highest BCUT2D eigenvalue weighted by atomic mass is 16.2. The van der Waals surface area contributed by atoms with Crippen LogP contribution in [0.2, 0.25) is 0 Å². The van der Waals surface area contributed by atoms with Gasteiger partial charge >= 0.3 is 0 Å². The van der Waals surface area contributed by atoms with Crippen LogP contribution in [0.25, 0.3) is 0 Å². The minimum absolute atomic E-state index is 0.0367. The van der Waals surface area contributed by atoms with E-state index in [-0.39, 0.29) is 24.1 Å². The van der Waals surface area contributed by atoms with Gasteiger partial charge in [-0.05, 0) is 71.1 Å². The molecule has 0 aromatic rings. The predicted molar refractivity (Wildman–Crippen MR) is 195 cm³/mol. The fourth-order valence-corrected chi connectivity index (χ4v) is 5.58. The van der Waals surface area contributed by atoms with Crippen molar-refractivity contribution in [2.24, 2.45) is 0 Å². The number of allylic oxidation sites excluding steroid dienone is 4. The van der Waals surface area contributed by atoms with Gasteiger partial charge in [-0.25, -0.2) is 0 Å². The van der Waals surface area contributed by atoms with E-state index in [2.05, 4.69) is 48.8 Å². The van der Waals surface area contributed by atoms with Gasteiger partial charge in [0.1, 0.15) is 6.04 Å². The largest absolute Gasteiger partial charge is 0.354 e. The van der Waals surface area contributed by atoms with Crippen molar-refractivity contribution in [3.8, 4) is 0 Å². The molecule has 0 saturated heterocycles. The molecule has 2 N–H and O–H groups in total. The molecule has 5 nitrogen and oxygen atoms in total. The Kier molecular flexibility index (Phi) is 33.5. The van der Waals surface area contributed by atoms with Crippen LogP contribution in [0.1, 0.15) is 201 Å². The summed E-state index contributed by atoms with van der Waals surface area (Å²) in [5.74, 6) is -0.251. The third-order valence-corrected chi connectivity index (χ3v) is 8.66. The van der Waals surface area contributed by atoms with Gasteiger partial charge < -0.3 is 10.6 Å². The van der Waals surface area contributed by atoms with Crippen LogP contribution in [0, 0.1) is 0 Å². The number of carbonyl (C=O) groups is 3. The zero-order valence-electron chi connectivity index (χ0n) is 30.1. The topological polar surface area (TPSA) is 75.3 Å². The molecule has 5 heteroatoms. The molecule has 262 valence electrons. The van der Waals surface area contributed by atoms with Crippen molar-refractivity contribution in [3.05, 3.63) is 24.3 Å². The van der Waals surface area contributed by atoms with Gasteiger partial charge in [0.2, 0.25) is 11.8 Å². The molecule has 1 unspecified atom stereocenters. The summed E-state index contributed by atoms with van der Waals surface area (Å²) >= 11 is 0. The maximum atomic E-state index is 12.4. The molecule has 2 amide bonds. The van der Waals surface area contributed by atoms with Crippen molar-refractivity contribution >= 4 is 17.6 Å². The first kappa shape index (κ1) is 43.1. The molecule has 0 aliphatic carbocycles. The second-order valence-corrected chi connectivity index (χ2v) is 13.2. The van der Waals surface area contributed by atoms with Crippen molar-refractivity contribution in [2.75, 3.05) is 6.54 Å². The number of hydrogen-bond acceptors (Lipinski definition) is 3. The van der Waals surface area contributed by atoms with Gasteiger partial charge in [0.05, 0.1) is 0 Å². The number of amides is 2. The van der Waals surface area contributed by atoms with Crippen molar-refractivity contribution < 1.29 is 14.4 Å². The summed E-state index contributed by atoms with van der Waals surface area (Å²) in [6, 6.07) is -0.640. The molecular formula is C40H74N2O3. The summed E-state index contributed by atoms with van der Waals surface area (Å²) in [4.78, 5) is 36.7. The number of unbranched alkanes of at least 4 members (excludes halogenated alkanes) is 22. The molecule has 0 radical (unpaired) electrons. The third kappa shape index (κ3) is 33.3. The number of carbonyl (C=O) groups excluding carboxylic acids is 3. The van der Waals surface area contributed by atoms with Crippen LogP contribution in [0.4, 0.5) is 0 Å². The van der Waals surface area contributed by atoms with Crippen LogP contribution in [0.3, 0.4) is 0 Å². The molecule has 0 rings (SSSR count). The average Bonchev–Trinajstić information content (AvgIpc) is 3.02. The third-order valence-electron chi connectivity index (χ3n) is 8.66. The lowest BCUT2D eigenvalue weighted by atomic mass is 10.1. The molecule has 0 aromatic carbocycles. The van der Waals surface area contributed by atoms with E-state index in [1.807, 2.05) is 0 Å². The quantitative estimate of drug-likeness (QED) is 0.0548. The predicted octanol–water partition coefficient (Wildman–Crippen LogP) is 11.3. The number of rotatable bonds is 34. The zero-order chi connectivity index (χ0) is 33.1. The van der Waals surface area contributed by atoms with Crippen LogP contribution >= 0.6 is 0 Å². The molecule has 0 aromatic heterocycles. The fourth-order valence-electron chi connectivity index (χ4n) is 5.58. The first-order valence-corrected chi connectivity index (χ1v) is 19.4. The first-order valence-electron chi connectivity index (χ1n) is 19.4. The van der Waals surface area contributed by atoms with Gasteiger partial charge in [-0.1, -0.05) is 141 Å². The maximum Gasteiger partial charge on any atom is 0.220 e. The second-order valence-electron chi connectivity index (χ2n) is 13.2. The Bertz CT molecular complexity index is 746. The van der Waals surface area contributed by atoms with E-state index >= 15 is 0 Å². The molecule has 0 aliphatic heterocycles. The summed E-state index contributed by atoms with van der Waals surface area (Å²) in [5, 5.41) is 5.68. The van der Waals surface area contributed by atoms with Crippen molar-refractivity contribution in [3.63, 3.8) is 0 Å². The van der Waals surface area contributed by atoms with Crippen LogP contribution < -0.4 is 10.6 Å². The Morgan fingerprint density at radius 1 is 0.467 bits per heavy atom. The van der Waals surface area contributed by atoms with Gasteiger partial charge in [0, 0.05) is 19.4 Å². The number of Topliss-reactive ketones (excluding diaryl/α,β-unsaturated/α-hetero) is 1. The van der Waals surface area contributed by atoms with Crippen LogP contribution in [0.15, 0.2) is 24.3 Å². The Balaban J connectivity index is 3.70. The van der Waals surface area contributed by atoms with Gasteiger partial charge in [-0.3, -0.25) is 14.4 Å². The van der Waals surface area contributed by atoms with Gasteiger partial charge in [0.15, 0.2) is 5.78 Å². The van der Waals surface area contributed by atoms with E-state index in [0.29, 0.717) is 12.8 Å². The number of ketones is 1. The summed E-state index contributed by atoms with van der Waals surface area (Å²) in [5.41, 5.74) is 0. The van der Waals surface area contributed by atoms with Crippen molar-refractivity contribution in [1.82, 2.24) is 10.6 Å². The molecule has 0 fully saturated rings. The lowest BCUT2D eigenvalue weighted by molar-refractivity contribution is -0.127. The van der Waals surface area contributed by atoms with E-state index in [4.69, 9.17) is 0 Å². The maximum absolute atomic E-state index is 12.4. The normalized spacial score (nSPS) is 12.2. The summed E-state index contributed by atoms with van der Waals surface area (Å²) in [7, 11) is 0. The van der Waals surface area contributed by atoms with Crippen LogP contribution in [-0.2, 0) is 14.4 Å². The SMILES string of the molecule is CCCCCCCC/C=C\CCCCCCCC(=O)NCC(NC(=O)CCCCCCC/C=C\CCCCCCCC)C(C)=O. The molecular weight excluding hydrogens is 556 g/mol. The monoisotopic (exact) mass is 631 g/mol. The molecule has 0 heterocycles. The van der Waals surface area contributed by atoms with Crippen molar-refractivity contribution in [1.29, 1.82) is 0 Å². The zero-order valence-corrected chi connectivity index (χ0v) is 30.1. The Labute approximate surface area is 279 Å². The highest BCUT2D eigenvalue weighted by Crippen LogP contribution is 2.12. The highest BCUT2D eigenvalue weighted by molar-refractivity contribution is 5.88. The average molecular weight is 631 g/mol. The molecule has 0 saturated carbocycles. The Morgan fingerprint density at radius 3 is 1.18 bits per heavy atom. The van der Waals surface area contributed by atoms with E-state index in [9.17, 15) is 14.4 Å². The van der Waals surface area contributed by atoms with E-state index in [0.717, 1.165) is 51.4 Å². The molecule has 0 bridgehead atoms. The summed E-state index contributed by atoms with van der Waals surface area (Å²) in [6.07, 6.45) is 42.2. The van der Waals surface area contributed by atoms with Gasteiger partial charge in [-0.2, -0.15) is 0 Å². The smallest absolute Gasteiger partial charge is 0.220 e. The molecule has 0 aliphatic rings. The van der Waals surface area contributed by atoms with Gasteiger partial charge in [-0.15, -0.1) is 0 Å². The highest BCUT2D eigenvalue weighted by Gasteiger charge is 2.17. The second kappa shape index (κ2) is 35.0. The summed E-state index contributed by atoms with van der Waals surface area (Å²) < 4.78 is 0. The molecule has 0 spiro atoms. The minimum Gasteiger partial charge on any atom is -0.354 e. The number of nitrogens with one attached hydrogen (secondary N) is 2. The minimum atomic E-state index is -0.640. The standard InChI is InChI=1S/C40H74N2O3/c1-4-6-8-10-12-14-16-18-20-22-24-26-28-30-32-34-39(44)41-36-38(37(3)43)42-40(45)35-33-31-29-27-25-23-21-19-17-15-13-11-9-7-5-2/h18-21,38H,4-17,22-36H2,1-3H3,(H,41,44)(H,42,45)/b20-18-,21-19-. The Morgan fingerprint density at radius 2 is 0.800 bits per heavy atom. The first-order chi connectivity index (χ1) is 22.0. The van der Waals surface area contributed by atoms with E-state index in [1.165, 1.54) is 122 Å². The van der Waals surface area contributed by atoms with Crippen LogP contribution in [-0.4, -0.2) is 30.2 Å². The molecule has 45 heavy (non-hydrogen) atoms. The lowest BCUT2D eigenvalue weighted by Crippen LogP contribution is -2.47. The molecule has 1 atom stereocenters. The lowest BCUT2D eigenvalue weighted by Gasteiger charge is -2.17. The van der Waals surface area contributed by atoms with E-state index < -0.39 is 6.04 Å². The fraction of sp³-hybridized carbons (Fsp3) is 0.825. The number of hydrogen-bond donors (Lipinski definition) is 2. The Hall–Kier alpha value is -1.91.